The number of Topliss-reactive ketones (excluding diaryl/α,β-unsaturated/α-hetero) is 1. The average molecular weight is 245 g/mol. The van der Waals surface area contributed by atoms with Crippen molar-refractivity contribution < 1.29 is 4.79 Å². The van der Waals surface area contributed by atoms with Crippen molar-refractivity contribution in [1.29, 1.82) is 0 Å². The van der Waals surface area contributed by atoms with Gasteiger partial charge in [0, 0.05) is 6.42 Å². The number of aromatic nitrogens is 3. The van der Waals surface area contributed by atoms with E-state index in [1.165, 1.54) is 0 Å². The molecule has 1 aromatic heterocycles. The number of ketones is 1. The Morgan fingerprint density at radius 3 is 2.83 bits per heavy atom. The largest absolute Gasteiger partial charge is 0.297 e. The lowest BCUT2D eigenvalue weighted by Crippen LogP contribution is -2.20. The predicted molar refractivity (Wildman–Crippen MR) is 71.4 cm³/mol. The molecular formula is C14H19N3O. The molecule has 0 radical (unpaired) electrons. The molecule has 2 rings (SSSR count). The molecule has 4 heteroatoms. The van der Waals surface area contributed by atoms with Crippen molar-refractivity contribution in [3.8, 4) is 0 Å². The summed E-state index contributed by atoms with van der Waals surface area (Å²) < 4.78 is 1.77. The molecule has 0 amide bonds. The van der Waals surface area contributed by atoms with Crippen LogP contribution < -0.4 is 0 Å². The van der Waals surface area contributed by atoms with Crippen LogP contribution in [-0.4, -0.2) is 20.8 Å². The second-order valence-corrected chi connectivity index (χ2v) is 4.52. The summed E-state index contributed by atoms with van der Waals surface area (Å²) in [5.74, 6) is 0.259. The van der Waals surface area contributed by atoms with Crippen molar-refractivity contribution in [3.63, 3.8) is 0 Å². The van der Waals surface area contributed by atoms with Gasteiger partial charge in [-0.25, -0.2) is 4.68 Å². The Morgan fingerprint density at radius 1 is 1.33 bits per heavy atom. The smallest absolute Gasteiger partial charge is 0.157 e. The number of carbonyl (C=O) groups is 1. The quantitative estimate of drug-likeness (QED) is 0.785. The van der Waals surface area contributed by atoms with Crippen LogP contribution in [0.15, 0.2) is 24.3 Å². The molecule has 1 heterocycles. The molecule has 18 heavy (non-hydrogen) atoms. The Balaban J connectivity index is 2.29. The number of carbonyl (C=O) groups excluding carboxylic acids is 1. The van der Waals surface area contributed by atoms with E-state index in [9.17, 15) is 4.79 Å². The molecule has 0 bridgehead atoms. The zero-order valence-electron chi connectivity index (χ0n) is 11.0. The molecule has 0 fully saturated rings. The fraction of sp³-hybridized carbons (Fsp3) is 0.500. The van der Waals surface area contributed by atoms with Crippen LogP contribution in [0, 0.1) is 0 Å². The first-order valence-electron chi connectivity index (χ1n) is 6.60. The van der Waals surface area contributed by atoms with E-state index in [0.29, 0.717) is 6.42 Å². The summed E-state index contributed by atoms with van der Waals surface area (Å²) >= 11 is 0. The molecule has 1 aromatic carbocycles. The number of fused-ring (bicyclic) bond motifs is 1. The van der Waals surface area contributed by atoms with Crippen molar-refractivity contribution in [2.45, 2.75) is 45.6 Å². The van der Waals surface area contributed by atoms with Crippen LogP contribution in [0.5, 0.6) is 0 Å². The minimum Gasteiger partial charge on any atom is -0.297 e. The van der Waals surface area contributed by atoms with Crippen molar-refractivity contribution >= 4 is 16.8 Å². The van der Waals surface area contributed by atoms with Crippen LogP contribution >= 0.6 is 0 Å². The number of rotatable bonds is 6. The highest BCUT2D eigenvalue weighted by Gasteiger charge is 2.20. The molecule has 0 saturated heterocycles. The monoisotopic (exact) mass is 245 g/mol. The zero-order chi connectivity index (χ0) is 13.0. The second kappa shape index (κ2) is 5.76. The van der Waals surface area contributed by atoms with E-state index in [1.54, 1.807) is 4.68 Å². The molecule has 2 aromatic rings. The van der Waals surface area contributed by atoms with E-state index in [2.05, 4.69) is 17.2 Å². The lowest BCUT2D eigenvalue weighted by molar-refractivity contribution is -0.122. The van der Waals surface area contributed by atoms with Gasteiger partial charge in [-0.1, -0.05) is 37.6 Å². The minimum absolute atomic E-state index is 0.177. The number of hydrogen-bond donors (Lipinski definition) is 0. The highest BCUT2D eigenvalue weighted by molar-refractivity contribution is 5.84. The van der Waals surface area contributed by atoms with Gasteiger partial charge in [0.1, 0.15) is 11.6 Å². The third kappa shape index (κ3) is 2.42. The first-order valence-corrected chi connectivity index (χ1v) is 6.60. The molecule has 0 saturated carbocycles. The molecule has 0 aliphatic rings. The van der Waals surface area contributed by atoms with Gasteiger partial charge < -0.3 is 0 Å². The number of unbranched alkanes of at least 4 members (excludes halogenated alkanes) is 1. The maximum Gasteiger partial charge on any atom is 0.157 e. The van der Waals surface area contributed by atoms with E-state index in [1.807, 2.05) is 31.2 Å². The van der Waals surface area contributed by atoms with Crippen LogP contribution in [-0.2, 0) is 4.79 Å². The summed E-state index contributed by atoms with van der Waals surface area (Å²) in [5, 5.41) is 8.25. The van der Waals surface area contributed by atoms with E-state index in [-0.39, 0.29) is 11.8 Å². The van der Waals surface area contributed by atoms with Crippen molar-refractivity contribution in [1.82, 2.24) is 15.0 Å². The maximum atomic E-state index is 12.2. The molecule has 0 aliphatic carbocycles. The Bertz CT molecular complexity index is 533. The van der Waals surface area contributed by atoms with Gasteiger partial charge in [0.25, 0.3) is 0 Å². The summed E-state index contributed by atoms with van der Waals surface area (Å²) in [6.07, 6.45) is 3.38. The standard InChI is InChI=1S/C14H19N3O/c1-3-5-10-14(18)12(4-2)17-13-9-7-6-8-11(13)15-16-17/h6-9,12H,3-5,10H2,1-2H3. The maximum absolute atomic E-state index is 12.2. The normalized spacial score (nSPS) is 12.8. The summed E-state index contributed by atoms with van der Waals surface area (Å²) in [4.78, 5) is 12.2. The second-order valence-electron chi connectivity index (χ2n) is 4.52. The Kier molecular flexibility index (Phi) is 4.07. The topological polar surface area (TPSA) is 47.8 Å². The number of nitrogens with zero attached hydrogens (tertiary/aromatic N) is 3. The molecule has 4 nitrogen and oxygen atoms in total. The van der Waals surface area contributed by atoms with E-state index >= 15 is 0 Å². The summed E-state index contributed by atoms with van der Waals surface area (Å²) in [7, 11) is 0. The van der Waals surface area contributed by atoms with Gasteiger partial charge in [-0.2, -0.15) is 0 Å². The molecule has 96 valence electrons. The van der Waals surface area contributed by atoms with Crippen molar-refractivity contribution in [3.05, 3.63) is 24.3 Å². The van der Waals surface area contributed by atoms with Gasteiger partial charge in [-0.05, 0) is 25.0 Å². The first-order chi connectivity index (χ1) is 8.77. The summed E-state index contributed by atoms with van der Waals surface area (Å²) in [6.45, 7) is 4.12. The fourth-order valence-corrected chi connectivity index (χ4v) is 2.17. The number of benzene rings is 1. The average Bonchev–Trinajstić information content (AvgIpc) is 2.81. The molecule has 1 atom stereocenters. The predicted octanol–water partition coefficient (Wildman–Crippen LogP) is 3.14. The number of hydrogen-bond acceptors (Lipinski definition) is 3. The van der Waals surface area contributed by atoms with Gasteiger partial charge in [-0.3, -0.25) is 4.79 Å². The van der Waals surface area contributed by atoms with Gasteiger partial charge in [0.2, 0.25) is 0 Å². The SMILES string of the molecule is CCCCC(=O)C(CC)n1nnc2ccccc21. The van der Waals surface area contributed by atoms with E-state index in [0.717, 1.165) is 30.3 Å². The minimum atomic E-state index is -0.177. The Labute approximate surface area is 107 Å². The molecular weight excluding hydrogens is 226 g/mol. The highest BCUT2D eigenvalue weighted by Crippen LogP contribution is 2.20. The highest BCUT2D eigenvalue weighted by atomic mass is 16.1. The molecule has 1 unspecified atom stereocenters. The number of para-hydroxylation sites is 1. The van der Waals surface area contributed by atoms with Gasteiger partial charge in [0.15, 0.2) is 5.78 Å². The van der Waals surface area contributed by atoms with Crippen molar-refractivity contribution in [2.75, 3.05) is 0 Å². The molecule has 0 spiro atoms. The third-order valence-electron chi connectivity index (χ3n) is 3.21. The summed E-state index contributed by atoms with van der Waals surface area (Å²) in [6, 6.07) is 7.59. The zero-order valence-corrected chi connectivity index (χ0v) is 11.0. The molecule has 0 N–H and O–H groups in total. The first kappa shape index (κ1) is 12.7. The van der Waals surface area contributed by atoms with Crippen LogP contribution in [0.25, 0.3) is 11.0 Å². The van der Waals surface area contributed by atoms with Crippen LogP contribution in [0.2, 0.25) is 0 Å². The third-order valence-corrected chi connectivity index (χ3v) is 3.21. The van der Waals surface area contributed by atoms with Gasteiger partial charge in [0.05, 0.1) is 5.52 Å². The Hall–Kier alpha value is -1.71. The van der Waals surface area contributed by atoms with E-state index in [4.69, 9.17) is 0 Å². The van der Waals surface area contributed by atoms with Crippen LogP contribution in [0.4, 0.5) is 0 Å². The van der Waals surface area contributed by atoms with E-state index < -0.39 is 0 Å². The van der Waals surface area contributed by atoms with Crippen LogP contribution in [0.1, 0.15) is 45.6 Å². The van der Waals surface area contributed by atoms with Crippen molar-refractivity contribution in [2.24, 2.45) is 0 Å². The van der Waals surface area contributed by atoms with Crippen LogP contribution in [0.3, 0.4) is 0 Å². The fourth-order valence-electron chi connectivity index (χ4n) is 2.17. The Morgan fingerprint density at radius 2 is 2.11 bits per heavy atom. The van der Waals surface area contributed by atoms with Gasteiger partial charge >= 0.3 is 0 Å². The van der Waals surface area contributed by atoms with Gasteiger partial charge in [-0.15, -0.1) is 5.10 Å². The summed E-state index contributed by atoms with van der Waals surface area (Å²) in [5.41, 5.74) is 1.79. The lowest BCUT2D eigenvalue weighted by Gasteiger charge is -2.14. The lowest BCUT2D eigenvalue weighted by atomic mass is 10.0. The molecule has 0 aliphatic heterocycles.